The third kappa shape index (κ3) is 2.70. The number of rotatable bonds is 4. The van der Waals surface area contributed by atoms with Gasteiger partial charge < -0.3 is 5.11 Å². The molecule has 0 bridgehead atoms. The molecule has 106 valence electrons. The Labute approximate surface area is 121 Å². The van der Waals surface area contributed by atoms with Gasteiger partial charge in [0.1, 0.15) is 17.7 Å². The van der Waals surface area contributed by atoms with Crippen LogP contribution in [0.5, 0.6) is 0 Å². The van der Waals surface area contributed by atoms with E-state index in [1.54, 1.807) is 31.2 Å². The topological polar surface area (TPSA) is 83.1 Å². The Morgan fingerprint density at radius 1 is 1.29 bits per heavy atom. The largest absolute Gasteiger partial charge is 0.480 e. The van der Waals surface area contributed by atoms with Crippen LogP contribution in [0.4, 0.5) is 0 Å². The van der Waals surface area contributed by atoms with Gasteiger partial charge in [0.15, 0.2) is 0 Å². The standard InChI is InChI=1S/C16H14N2O3/c1-2-13(16(20)21)18-14(11-6-4-3-5-7-11)9-8-12(10-17)15(18)19/h3-9,13H,2H2,1H3,(H,20,21). The SMILES string of the molecule is CCC(C(=O)O)n1c(-c2ccccc2)ccc(C#N)c1=O. The number of carboxylic acids is 1. The Balaban J connectivity index is 2.78. The van der Waals surface area contributed by atoms with Crippen molar-refractivity contribution < 1.29 is 9.90 Å². The van der Waals surface area contributed by atoms with Crippen molar-refractivity contribution >= 4 is 5.97 Å². The number of pyridine rings is 1. The molecule has 2 aromatic rings. The highest BCUT2D eigenvalue weighted by molar-refractivity contribution is 5.74. The number of aliphatic carboxylic acids is 1. The fourth-order valence-electron chi connectivity index (χ4n) is 2.26. The predicted molar refractivity (Wildman–Crippen MR) is 77.8 cm³/mol. The third-order valence-corrected chi connectivity index (χ3v) is 3.29. The Hall–Kier alpha value is -2.87. The number of hydrogen-bond acceptors (Lipinski definition) is 3. The number of carbonyl (C=O) groups is 1. The summed E-state index contributed by atoms with van der Waals surface area (Å²) in [5, 5.41) is 18.3. The summed E-state index contributed by atoms with van der Waals surface area (Å²) in [6.45, 7) is 1.69. The highest BCUT2D eigenvalue weighted by Crippen LogP contribution is 2.23. The Kier molecular flexibility index (Phi) is 4.19. The van der Waals surface area contributed by atoms with E-state index in [1.807, 2.05) is 18.2 Å². The van der Waals surface area contributed by atoms with Crippen LogP contribution in [0.1, 0.15) is 24.9 Å². The van der Waals surface area contributed by atoms with Gasteiger partial charge in [-0.25, -0.2) is 4.79 Å². The van der Waals surface area contributed by atoms with Crippen LogP contribution in [0.2, 0.25) is 0 Å². The number of carboxylic acid groups (broad SMARTS) is 1. The lowest BCUT2D eigenvalue weighted by atomic mass is 10.1. The molecule has 0 spiro atoms. The fraction of sp³-hybridized carbons (Fsp3) is 0.188. The summed E-state index contributed by atoms with van der Waals surface area (Å²) < 4.78 is 1.19. The van der Waals surface area contributed by atoms with Gasteiger partial charge in [-0.05, 0) is 24.1 Å². The van der Waals surface area contributed by atoms with Crippen LogP contribution in [0.15, 0.2) is 47.3 Å². The lowest BCUT2D eigenvalue weighted by molar-refractivity contribution is -0.141. The van der Waals surface area contributed by atoms with E-state index < -0.39 is 17.6 Å². The van der Waals surface area contributed by atoms with Crippen molar-refractivity contribution in [1.82, 2.24) is 4.57 Å². The molecule has 1 N–H and O–H groups in total. The summed E-state index contributed by atoms with van der Waals surface area (Å²) in [6, 6.07) is 12.9. The molecule has 1 atom stereocenters. The van der Waals surface area contributed by atoms with Gasteiger partial charge in [-0.1, -0.05) is 37.3 Å². The summed E-state index contributed by atoms with van der Waals surface area (Å²) in [5.74, 6) is -1.09. The van der Waals surface area contributed by atoms with Crippen LogP contribution < -0.4 is 5.56 Å². The van der Waals surface area contributed by atoms with E-state index in [9.17, 15) is 14.7 Å². The van der Waals surface area contributed by atoms with Crippen molar-refractivity contribution in [3.8, 4) is 17.3 Å². The molecule has 0 fully saturated rings. The van der Waals surface area contributed by atoms with Crippen LogP contribution in [0.3, 0.4) is 0 Å². The summed E-state index contributed by atoms with van der Waals surface area (Å²) in [6.07, 6.45) is 0.254. The van der Waals surface area contributed by atoms with Crippen molar-refractivity contribution in [2.24, 2.45) is 0 Å². The monoisotopic (exact) mass is 282 g/mol. The molecule has 0 aliphatic carbocycles. The minimum Gasteiger partial charge on any atom is -0.480 e. The van der Waals surface area contributed by atoms with E-state index in [2.05, 4.69) is 0 Å². The number of benzene rings is 1. The van der Waals surface area contributed by atoms with E-state index in [4.69, 9.17) is 5.26 Å². The second kappa shape index (κ2) is 6.06. The molecule has 1 unspecified atom stereocenters. The van der Waals surface area contributed by atoms with Crippen LogP contribution in [0, 0.1) is 11.3 Å². The molecular formula is C16H14N2O3. The van der Waals surface area contributed by atoms with Gasteiger partial charge >= 0.3 is 5.97 Å². The molecule has 5 nitrogen and oxygen atoms in total. The molecule has 0 amide bonds. The Morgan fingerprint density at radius 3 is 2.48 bits per heavy atom. The molecule has 2 rings (SSSR count). The summed E-state index contributed by atoms with van der Waals surface area (Å²) in [7, 11) is 0. The first-order valence-electron chi connectivity index (χ1n) is 6.54. The smallest absolute Gasteiger partial charge is 0.326 e. The van der Waals surface area contributed by atoms with Crippen molar-refractivity contribution in [3.63, 3.8) is 0 Å². The minimum absolute atomic E-state index is 0.0608. The third-order valence-electron chi connectivity index (χ3n) is 3.29. The van der Waals surface area contributed by atoms with E-state index in [1.165, 1.54) is 10.6 Å². The molecule has 0 aliphatic heterocycles. The van der Waals surface area contributed by atoms with Gasteiger partial charge in [-0.2, -0.15) is 5.26 Å². The molecule has 1 heterocycles. The molecule has 1 aromatic heterocycles. The maximum atomic E-state index is 12.4. The van der Waals surface area contributed by atoms with Crippen molar-refractivity contribution in [2.75, 3.05) is 0 Å². The second-order valence-electron chi connectivity index (χ2n) is 4.55. The van der Waals surface area contributed by atoms with Crippen LogP contribution in [-0.2, 0) is 4.79 Å². The van der Waals surface area contributed by atoms with Crippen LogP contribution in [0.25, 0.3) is 11.3 Å². The van der Waals surface area contributed by atoms with Gasteiger partial charge in [-0.3, -0.25) is 9.36 Å². The zero-order valence-corrected chi connectivity index (χ0v) is 11.5. The lowest BCUT2D eigenvalue weighted by Gasteiger charge is -2.19. The molecule has 0 aliphatic rings. The number of aromatic nitrogens is 1. The number of nitriles is 1. The molecule has 0 saturated heterocycles. The van der Waals surface area contributed by atoms with Crippen molar-refractivity contribution in [3.05, 3.63) is 58.4 Å². The van der Waals surface area contributed by atoms with Crippen molar-refractivity contribution in [2.45, 2.75) is 19.4 Å². The first kappa shape index (κ1) is 14.5. The highest BCUT2D eigenvalue weighted by atomic mass is 16.4. The average molecular weight is 282 g/mol. The van der Waals surface area contributed by atoms with E-state index in [0.29, 0.717) is 5.69 Å². The fourth-order valence-corrected chi connectivity index (χ4v) is 2.26. The number of nitrogens with zero attached hydrogens (tertiary/aromatic N) is 2. The molecule has 0 saturated carbocycles. The quantitative estimate of drug-likeness (QED) is 0.933. The average Bonchev–Trinajstić information content (AvgIpc) is 2.50. The molecule has 1 aromatic carbocycles. The van der Waals surface area contributed by atoms with Gasteiger partial charge in [0, 0.05) is 0 Å². The van der Waals surface area contributed by atoms with Gasteiger partial charge in [0.05, 0.1) is 5.69 Å². The van der Waals surface area contributed by atoms with Crippen molar-refractivity contribution in [1.29, 1.82) is 5.26 Å². The Bertz CT molecular complexity index is 757. The van der Waals surface area contributed by atoms with E-state index >= 15 is 0 Å². The number of hydrogen-bond donors (Lipinski definition) is 1. The molecule has 5 heteroatoms. The first-order valence-corrected chi connectivity index (χ1v) is 6.54. The lowest BCUT2D eigenvalue weighted by Crippen LogP contribution is -2.32. The molecular weight excluding hydrogens is 268 g/mol. The molecule has 21 heavy (non-hydrogen) atoms. The second-order valence-corrected chi connectivity index (χ2v) is 4.55. The highest BCUT2D eigenvalue weighted by Gasteiger charge is 2.23. The minimum atomic E-state index is -1.09. The summed E-state index contributed by atoms with van der Waals surface area (Å²) in [5.41, 5.74) is 0.593. The maximum absolute atomic E-state index is 12.4. The summed E-state index contributed by atoms with van der Waals surface area (Å²) >= 11 is 0. The van der Waals surface area contributed by atoms with Gasteiger partial charge in [0.2, 0.25) is 0 Å². The van der Waals surface area contributed by atoms with E-state index in [-0.39, 0.29) is 12.0 Å². The van der Waals surface area contributed by atoms with Crippen LogP contribution in [-0.4, -0.2) is 15.6 Å². The summed E-state index contributed by atoms with van der Waals surface area (Å²) in [4.78, 5) is 23.8. The first-order chi connectivity index (χ1) is 10.1. The van der Waals surface area contributed by atoms with E-state index in [0.717, 1.165) is 5.56 Å². The normalized spacial score (nSPS) is 11.6. The zero-order valence-electron chi connectivity index (χ0n) is 11.5. The van der Waals surface area contributed by atoms with Gasteiger partial charge in [0.25, 0.3) is 5.56 Å². The van der Waals surface area contributed by atoms with Gasteiger partial charge in [-0.15, -0.1) is 0 Å². The zero-order chi connectivity index (χ0) is 15.4. The van der Waals surface area contributed by atoms with Crippen LogP contribution >= 0.6 is 0 Å². The predicted octanol–water partition coefficient (Wildman–Crippen LogP) is 2.42. The Morgan fingerprint density at radius 2 is 1.95 bits per heavy atom. The molecule has 0 radical (unpaired) electrons. The maximum Gasteiger partial charge on any atom is 0.326 e.